The van der Waals surface area contributed by atoms with E-state index >= 15 is 0 Å². The average molecular weight is 328 g/mol. The molecule has 0 bridgehead atoms. The van der Waals surface area contributed by atoms with Crippen LogP contribution in [0.2, 0.25) is 5.02 Å². The van der Waals surface area contributed by atoms with Gasteiger partial charge in [-0.1, -0.05) is 18.5 Å². The second-order valence-electron chi connectivity index (χ2n) is 6.04. The van der Waals surface area contributed by atoms with E-state index in [-0.39, 0.29) is 0 Å². The molecule has 1 saturated heterocycles. The van der Waals surface area contributed by atoms with Gasteiger partial charge in [-0.05, 0) is 49.6 Å². The van der Waals surface area contributed by atoms with Crippen LogP contribution in [0.4, 0.5) is 0 Å². The fourth-order valence-corrected chi connectivity index (χ4v) is 2.90. The molecule has 0 aliphatic carbocycles. The molecule has 0 aromatic heterocycles. The molecule has 1 aromatic carbocycles. The zero-order valence-electron chi connectivity index (χ0n) is 13.2. The van der Waals surface area contributed by atoms with Crippen molar-refractivity contribution in [2.75, 3.05) is 39.5 Å². The van der Waals surface area contributed by atoms with Crippen LogP contribution in [-0.2, 0) is 4.74 Å². The van der Waals surface area contributed by atoms with Gasteiger partial charge in [0.15, 0.2) is 0 Å². The molecule has 1 fully saturated rings. The number of ether oxygens (including phenoxy) is 2. The molecular weight excluding hydrogens is 302 g/mol. The fraction of sp³-hybridized carbons (Fsp3) is 0.647. The summed E-state index contributed by atoms with van der Waals surface area (Å²) < 4.78 is 11.0. The topological polar surface area (TPSA) is 41.9 Å². The number of aliphatic hydroxyl groups excluding tert-OH is 1. The minimum absolute atomic E-state index is 0.356. The lowest BCUT2D eigenvalue weighted by atomic mass is 10.0. The lowest BCUT2D eigenvalue weighted by Gasteiger charge is -2.32. The van der Waals surface area contributed by atoms with Crippen molar-refractivity contribution in [3.05, 3.63) is 29.3 Å². The Hall–Kier alpha value is -0.810. The molecule has 4 nitrogen and oxygen atoms in total. The summed E-state index contributed by atoms with van der Waals surface area (Å²) in [6.45, 7) is 6.42. The van der Waals surface area contributed by atoms with Gasteiger partial charge >= 0.3 is 0 Å². The zero-order chi connectivity index (χ0) is 15.8. The molecule has 1 aliphatic rings. The molecule has 2 atom stereocenters. The van der Waals surface area contributed by atoms with Crippen LogP contribution in [0.3, 0.4) is 0 Å². The van der Waals surface area contributed by atoms with E-state index in [0.29, 0.717) is 31.4 Å². The van der Waals surface area contributed by atoms with Crippen LogP contribution < -0.4 is 4.74 Å². The minimum atomic E-state index is -0.430. The number of halogens is 1. The van der Waals surface area contributed by atoms with Crippen molar-refractivity contribution < 1.29 is 14.6 Å². The van der Waals surface area contributed by atoms with Gasteiger partial charge in [-0.15, -0.1) is 0 Å². The number of aliphatic hydroxyl groups is 1. The summed E-state index contributed by atoms with van der Waals surface area (Å²) in [7, 11) is 0. The van der Waals surface area contributed by atoms with Gasteiger partial charge < -0.3 is 19.5 Å². The van der Waals surface area contributed by atoms with Gasteiger partial charge in [-0.2, -0.15) is 0 Å². The van der Waals surface area contributed by atoms with Gasteiger partial charge in [0.2, 0.25) is 0 Å². The molecular formula is C17H26ClNO3. The molecule has 0 radical (unpaired) electrons. The first kappa shape index (κ1) is 17.5. The number of piperidine rings is 1. The highest BCUT2D eigenvalue weighted by Crippen LogP contribution is 2.16. The Morgan fingerprint density at radius 3 is 2.82 bits per heavy atom. The van der Waals surface area contributed by atoms with Crippen LogP contribution in [0, 0.1) is 5.92 Å². The normalized spacial score (nSPS) is 20.8. The third kappa shape index (κ3) is 6.53. The highest BCUT2D eigenvalue weighted by Gasteiger charge is 2.18. The minimum Gasteiger partial charge on any atom is -0.491 e. The summed E-state index contributed by atoms with van der Waals surface area (Å²) in [6.07, 6.45) is 2.09. The molecule has 0 amide bonds. The zero-order valence-corrected chi connectivity index (χ0v) is 14.0. The number of benzene rings is 1. The van der Waals surface area contributed by atoms with E-state index < -0.39 is 6.10 Å². The number of likely N-dealkylation sites (tertiary alicyclic amines) is 1. The summed E-state index contributed by atoms with van der Waals surface area (Å²) in [5.41, 5.74) is 0. The third-order valence-corrected chi connectivity index (χ3v) is 4.08. The van der Waals surface area contributed by atoms with E-state index in [1.54, 1.807) is 12.1 Å². The van der Waals surface area contributed by atoms with Gasteiger partial charge in [-0.3, -0.25) is 0 Å². The molecule has 5 heteroatoms. The van der Waals surface area contributed by atoms with Crippen molar-refractivity contribution >= 4 is 11.6 Å². The number of hydrogen-bond donors (Lipinski definition) is 1. The Morgan fingerprint density at radius 1 is 1.32 bits per heavy atom. The number of nitrogens with zero attached hydrogens (tertiary/aromatic N) is 1. The van der Waals surface area contributed by atoms with Gasteiger partial charge in [-0.25, -0.2) is 0 Å². The maximum Gasteiger partial charge on any atom is 0.119 e. The number of β-amino-alcohol motifs (C(OH)–C–C–N with tert-alkyl or cyclic N) is 1. The van der Waals surface area contributed by atoms with E-state index in [0.717, 1.165) is 24.8 Å². The molecule has 0 saturated carbocycles. The SMILES string of the molecule is C[C@H]1CCCN(C[C@H](O)COCCOc2ccc(Cl)cc2)C1. The molecule has 124 valence electrons. The maximum absolute atomic E-state index is 10.0. The van der Waals surface area contributed by atoms with Crippen LogP contribution in [0.1, 0.15) is 19.8 Å². The van der Waals surface area contributed by atoms with Crippen molar-refractivity contribution in [2.45, 2.75) is 25.9 Å². The van der Waals surface area contributed by atoms with E-state index in [1.807, 2.05) is 12.1 Å². The Kier molecular flexibility index (Phi) is 7.46. The largest absolute Gasteiger partial charge is 0.491 e. The summed E-state index contributed by atoms with van der Waals surface area (Å²) in [5.74, 6) is 1.51. The van der Waals surface area contributed by atoms with Crippen molar-refractivity contribution in [2.24, 2.45) is 5.92 Å². The Bertz CT molecular complexity index is 426. The Morgan fingerprint density at radius 2 is 2.09 bits per heavy atom. The summed E-state index contributed by atoms with van der Waals surface area (Å²) in [6, 6.07) is 7.24. The van der Waals surface area contributed by atoms with Crippen LogP contribution in [0.25, 0.3) is 0 Å². The van der Waals surface area contributed by atoms with Crippen LogP contribution >= 0.6 is 11.6 Å². The summed E-state index contributed by atoms with van der Waals surface area (Å²) in [5, 5.41) is 10.7. The van der Waals surface area contributed by atoms with Crippen LogP contribution in [0.15, 0.2) is 24.3 Å². The van der Waals surface area contributed by atoms with Crippen LogP contribution in [-0.4, -0.2) is 55.6 Å². The van der Waals surface area contributed by atoms with Crippen molar-refractivity contribution in [3.63, 3.8) is 0 Å². The molecule has 22 heavy (non-hydrogen) atoms. The predicted octanol–water partition coefficient (Wildman–Crippen LogP) is 2.83. The van der Waals surface area contributed by atoms with Crippen LogP contribution in [0.5, 0.6) is 5.75 Å². The first-order chi connectivity index (χ1) is 10.6. The monoisotopic (exact) mass is 327 g/mol. The average Bonchev–Trinajstić information content (AvgIpc) is 2.49. The second kappa shape index (κ2) is 9.36. The maximum atomic E-state index is 10.0. The smallest absolute Gasteiger partial charge is 0.119 e. The molecule has 2 rings (SSSR count). The molecule has 1 aliphatic heterocycles. The fourth-order valence-electron chi connectivity index (χ4n) is 2.77. The molecule has 0 unspecified atom stereocenters. The van der Waals surface area contributed by atoms with Gasteiger partial charge in [0.05, 0.1) is 19.3 Å². The molecule has 0 spiro atoms. The van der Waals surface area contributed by atoms with E-state index in [2.05, 4.69) is 11.8 Å². The Balaban J connectivity index is 1.53. The quantitative estimate of drug-likeness (QED) is 0.746. The third-order valence-electron chi connectivity index (χ3n) is 3.83. The summed E-state index contributed by atoms with van der Waals surface area (Å²) >= 11 is 5.81. The highest BCUT2D eigenvalue weighted by molar-refractivity contribution is 6.30. The van der Waals surface area contributed by atoms with E-state index in [1.165, 1.54) is 12.8 Å². The molecule has 1 heterocycles. The first-order valence-corrected chi connectivity index (χ1v) is 8.38. The van der Waals surface area contributed by atoms with Crippen molar-refractivity contribution in [1.29, 1.82) is 0 Å². The summed E-state index contributed by atoms with van der Waals surface area (Å²) in [4.78, 5) is 2.33. The standard InChI is InChI=1S/C17H26ClNO3/c1-14-3-2-8-19(11-14)12-16(20)13-21-9-10-22-17-6-4-15(18)5-7-17/h4-7,14,16,20H,2-3,8-13H2,1H3/t14-,16-/m0/s1. The van der Waals surface area contributed by atoms with Gasteiger partial charge in [0.25, 0.3) is 0 Å². The van der Waals surface area contributed by atoms with Crippen molar-refractivity contribution in [1.82, 2.24) is 4.90 Å². The van der Waals surface area contributed by atoms with Gasteiger partial charge in [0, 0.05) is 18.1 Å². The second-order valence-corrected chi connectivity index (χ2v) is 6.47. The lowest BCUT2D eigenvalue weighted by molar-refractivity contribution is 0.00223. The molecule has 1 N–H and O–H groups in total. The number of rotatable bonds is 8. The predicted molar refractivity (Wildman–Crippen MR) is 88.6 cm³/mol. The highest BCUT2D eigenvalue weighted by atomic mass is 35.5. The number of hydrogen-bond acceptors (Lipinski definition) is 4. The first-order valence-electron chi connectivity index (χ1n) is 8.00. The Labute approximate surface area is 138 Å². The lowest BCUT2D eigenvalue weighted by Crippen LogP contribution is -2.40. The van der Waals surface area contributed by atoms with Crippen molar-refractivity contribution in [3.8, 4) is 5.75 Å². The van der Waals surface area contributed by atoms with Gasteiger partial charge in [0.1, 0.15) is 12.4 Å². The van der Waals surface area contributed by atoms with E-state index in [9.17, 15) is 5.11 Å². The molecule has 1 aromatic rings. The van der Waals surface area contributed by atoms with E-state index in [4.69, 9.17) is 21.1 Å².